The summed E-state index contributed by atoms with van der Waals surface area (Å²) in [6.45, 7) is 2.10. The molecule has 0 aromatic heterocycles. The number of halogens is 2. The molecule has 0 aliphatic rings. The molecule has 156 valence electrons. The number of sulfone groups is 1. The summed E-state index contributed by atoms with van der Waals surface area (Å²) in [6.07, 6.45) is 3.03. The van der Waals surface area contributed by atoms with Gasteiger partial charge in [0.1, 0.15) is 16.5 Å². The maximum atomic E-state index is 14.3. The van der Waals surface area contributed by atoms with E-state index >= 15 is 0 Å². The fraction of sp³-hybridized carbons (Fsp3) is 0.174. The Morgan fingerprint density at radius 2 is 1.60 bits per heavy atom. The van der Waals surface area contributed by atoms with E-state index in [1.54, 1.807) is 18.2 Å². The molecule has 3 aromatic carbocycles. The van der Waals surface area contributed by atoms with E-state index in [4.69, 9.17) is 0 Å². The predicted molar refractivity (Wildman–Crippen MR) is 111 cm³/mol. The molecule has 0 unspecified atom stereocenters. The smallest absolute Gasteiger partial charge is 0.258 e. The van der Waals surface area contributed by atoms with Gasteiger partial charge in [0, 0.05) is 11.8 Å². The Morgan fingerprint density at radius 3 is 2.23 bits per heavy atom. The summed E-state index contributed by atoms with van der Waals surface area (Å²) >= 11 is 0. The lowest BCUT2D eigenvalue weighted by atomic mass is 10.1. The predicted octanol–water partition coefficient (Wildman–Crippen LogP) is 5.39. The van der Waals surface area contributed by atoms with Crippen LogP contribution in [0.1, 0.15) is 35.7 Å². The third kappa shape index (κ3) is 4.74. The summed E-state index contributed by atoms with van der Waals surface area (Å²) in [5.74, 6) is -3.26. The van der Waals surface area contributed by atoms with Crippen LogP contribution >= 0.6 is 0 Å². The maximum absolute atomic E-state index is 14.3. The van der Waals surface area contributed by atoms with Gasteiger partial charge in [0.15, 0.2) is 0 Å². The highest BCUT2D eigenvalue weighted by Crippen LogP contribution is 2.26. The van der Waals surface area contributed by atoms with Crippen molar-refractivity contribution in [2.24, 2.45) is 0 Å². The number of anilines is 1. The highest BCUT2D eigenvalue weighted by Gasteiger charge is 2.26. The van der Waals surface area contributed by atoms with Gasteiger partial charge in [-0.05, 0) is 48.7 Å². The minimum atomic E-state index is -4.25. The molecule has 3 aromatic rings. The zero-order valence-electron chi connectivity index (χ0n) is 16.4. The molecule has 0 heterocycles. The molecule has 1 N–H and O–H groups in total. The number of amides is 1. The molecular formula is C23H21F2NO3S. The van der Waals surface area contributed by atoms with E-state index in [1.165, 1.54) is 24.3 Å². The second-order valence-corrected chi connectivity index (χ2v) is 8.75. The van der Waals surface area contributed by atoms with Crippen LogP contribution in [0.2, 0.25) is 0 Å². The van der Waals surface area contributed by atoms with Gasteiger partial charge in [0.25, 0.3) is 5.91 Å². The summed E-state index contributed by atoms with van der Waals surface area (Å²) in [7, 11) is -4.25. The highest BCUT2D eigenvalue weighted by atomic mass is 32.2. The Kier molecular flexibility index (Phi) is 6.62. The number of carbonyl (C=O) groups is 1. The van der Waals surface area contributed by atoms with Gasteiger partial charge in [-0.1, -0.05) is 43.7 Å². The number of unbranched alkanes of at least 4 members (excludes halogenated alkanes) is 1. The van der Waals surface area contributed by atoms with Gasteiger partial charge in [-0.15, -0.1) is 0 Å². The van der Waals surface area contributed by atoms with Crippen molar-refractivity contribution < 1.29 is 22.0 Å². The van der Waals surface area contributed by atoms with Crippen molar-refractivity contribution in [1.29, 1.82) is 0 Å². The average molecular weight is 429 g/mol. The van der Waals surface area contributed by atoms with Crippen LogP contribution in [0.5, 0.6) is 0 Å². The van der Waals surface area contributed by atoms with Gasteiger partial charge in [-0.3, -0.25) is 4.79 Å². The molecule has 0 radical (unpaired) electrons. The molecule has 0 spiro atoms. The molecule has 7 heteroatoms. The Morgan fingerprint density at radius 1 is 0.933 bits per heavy atom. The molecule has 3 rings (SSSR count). The number of aryl methyl sites for hydroxylation is 1. The lowest BCUT2D eigenvalue weighted by Gasteiger charge is -2.11. The van der Waals surface area contributed by atoms with Crippen LogP contribution in [0.25, 0.3) is 0 Å². The van der Waals surface area contributed by atoms with Crippen molar-refractivity contribution in [1.82, 2.24) is 0 Å². The molecule has 0 fully saturated rings. The summed E-state index contributed by atoms with van der Waals surface area (Å²) in [5, 5.41) is 2.52. The number of benzene rings is 3. The zero-order chi connectivity index (χ0) is 21.7. The van der Waals surface area contributed by atoms with E-state index in [1.807, 2.05) is 12.1 Å². The molecule has 30 heavy (non-hydrogen) atoms. The summed E-state index contributed by atoms with van der Waals surface area (Å²) in [6, 6.07) is 15.4. The Labute approximate surface area is 174 Å². The van der Waals surface area contributed by atoms with Crippen molar-refractivity contribution in [3.8, 4) is 0 Å². The first-order valence-electron chi connectivity index (χ1n) is 9.52. The molecule has 0 saturated heterocycles. The number of carbonyl (C=O) groups excluding carboxylic acids is 1. The second-order valence-electron chi connectivity index (χ2n) is 6.83. The fourth-order valence-electron chi connectivity index (χ4n) is 2.97. The quantitative estimate of drug-likeness (QED) is 0.512. The fourth-order valence-corrected chi connectivity index (χ4v) is 4.33. The first-order chi connectivity index (χ1) is 14.3. The van der Waals surface area contributed by atoms with Gasteiger partial charge in [0.05, 0.1) is 10.5 Å². The standard InChI is InChI=1S/C23H21F2NO3S/c1-2-3-7-16-10-12-17(13-11-16)26-23(27)19-14-22(21(25)15-20(19)24)30(28,29)18-8-5-4-6-9-18/h4-6,8-15H,2-3,7H2,1H3,(H,26,27). The normalized spacial score (nSPS) is 11.3. The van der Waals surface area contributed by atoms with Crippen molar-refractivity contribution in [3.63, 3.8) is 0 Å². The van der Waals surface area contributed by atoms with Crippen LogP contribution in [0, 0.1) is 11.6 Å². The first-order valence-corrected chi connectivity index (χ1v) is 11.0. The van der Waals surface area contributed by atoms with Crippen molar-refractivity contribution >= 4 is 21.4 Å². The van der Waals surface area contributed by atoms with E-state index in [2.05, 4.69) is 12.2 Å². The topological polar surface area (TPSA) is 63.2 Å². The first kappa shape index (κ1) is 21.6. The molecule has 0 bridgehead atoms. The minimum Gasteiger partial charge on any atom is -0.322 e. The van der Waals surface area contributed by atoms with Crippen LogP contribution < -0.4 is 5.32 Å². The average Bonchev–Trinajstić information content (AvgIpc) is 2.73. The largest absolute Gasteiger partial charge is 0.322 e. The number of rotatable bonds is 7. The molecule has 0 saturated carbocycles. The Balaban J connectivity index is 1.89. The molecule has 0 aliphatic heterocycles. The van der Waals surface area contributed by atoms with Crippen LogP contribution in [-0.2, 0) is 16.3 Å². The van der Waals surface area contributed by atoms with Crippen molar-refractivity contribution in [2.75, 3.05) is 5.32 Å². The van der Waals surface area contributed by atoms with Crippen LogP contribution in [0.15, 0.2) is 76.5 Å². The van der Waals surface area contributed by atoms with E-state index in [0.717, 1.165) is 30.9 Å². The maximum Gasteiger partial charge on any atom is 0.258 e. The van der Waals surface area contributed by atoms with Crippen LogP contribution in [-0.4, -0.2) is 14.3 Å². The lowest BCUT2D eigenvalue weighted by molar-refractivity contribution is 0.102. The van der Waals surface area contributed by atoms with Gasteiger partial charge >= 0.3 is 0 Å². The summed E-state index contributed by atoms with van der Waals surface area (Å²) in [5.41, 5.74) is 0.983. The summed E-state index contributed by atoms with van der Waals surface area (Å²) in [4.78, 5) is 11.6. The van der Waals surface area contributed by atoms with Crippen LogP contribution in [0.4, 0.5) is 14.5 Å². The molecule has 0 aliphatic carbocycles. The monoisotopic (exact) mass is 429 g/mol. The lowest BCUT2D eigenvalue weighted by Crippen LogP contribution is -2.16. The van der Waals surface area contributed by atoms with Crippen molar-refractivity contribution in [2.45, 2.75) is 36.0 Å². The van der Waals surface area contributed by atoms with Crippen LogP contribution in [0.3, 0.4) is 0 Å². The Hall–Kier alpha value is -3.06. The van der Waals surface area contributed by atoms with E-state index in [0.29, 0.717) is 11.8 Å². The molecule has 1 amide bonds. The molecule has 0 atom stereocenters. The highest BCUT2D eigenvalue weighted by molar-refractivity contribution is 7.91. The third-order valence-electron chi connectivity index (χ3n) is 4.64. The summed E-state index contributed by atoms with van der Waals surface area (Å²) < 4.78 is 54.0. The van der Waals surface area contributed by atoms with Gasteiger partial charge in [0.2, 0.25) is 9.84 Å². The Bertz CT molecular complexity index is 1150. The number of nitrogens with one attached hydrogen (secondary N) is 1. The zero-order valence-corrected chi connectivity index (χ0v) is 17.2. The number of hydrogen-bond donors (Lipinski definition) is 1. The van der Waals surface area contributed by atoms with Gasteiger partial charge < -0.3 is 5.32 Å². The van der Waals surface area contributed by atoms with E-state index in [-0.39, 0.29) is 4.90 Å². The number of hydrogen-bond acceptors (Lipinski definition) is 3. The van der Waals surface area contributed by atoms with Gasteiger partial charge in [-0.25, -0.2) is 17.2 Å². The molecular weight excluding hydrogens is 408 g/mol. The van der Waals surface area contributed by atoms with E-state index in [9.17, 15) is 22.0 Å². The van der Waals surface area contributed by atoms with E-state index < -0.39 is 37.8 Å². The second kappa shape index (κ2) is 9.17. The third-order valence-corrected chi connectivity index (χ3v) is 6.42. The van der Waals surface area contributed by atoms with Gasteiger partial charge in [-0.2, -0.15) is 0 Å². The SMILES string of the molecule is CCCCc1ccc(NC(=O)c2cc(S(=O)(=O)c3ccccc3)c(F)cc2F)cc1. The molecule has 4 nitrogen and oxygen atoms in total. The van der Waals surface area contributed by atoms with Crippen molar-refractivity contribution in [3.05, 3.63) is 89.5 Å². The minimum absolute atomic E-state index is 0.149.